The molecule has 0 radical (unpaired) electrons. The normalized spacial score (nSPS) is 16.9. The smallest absolute Gasteiger partial charge is 0.240 e. The lowest BCUT2D eigenvalue weighted by Gasteiger charge is -2.42. The Morgan fingerprint density at radius 2 is 1.82 bits per heavy atom. The Morgan fingerprint density at radius 3 is 2.58 bits per heavy atom. The topological polar surface area (TPSA) is 114 Å². The summed E-state index contributed by atoms with van der Waals surface area (Å²) in [4.78, 5) is 22.0. The summed E-state index contributed by atoms with van der Waals surface area (Å²) in [6.45, 7) is 3.68. The third kappa shape index (κ3) is 7.60. The van der Waals surface area contributed by atoms with Crippen LogP contribution in [-0.4, -0.2) is 66.5 Å². The van der Waals surface area contributed by atoms with E-state index in [0.717, 1.165) is 44.5 Å². The van der Waals surface area contributed by atoms with Crippen molar-refractivity contribution in [1.29, 1.82) is 0 Å². The summed E-state index contributed by atoms with van der Waals surface area (Å²) in [5.74, 6) is 0.0255. The molecule has 6 N–H and O–H groups in total. The van der Waals surface area contributed by atoms with E-state index in [-0.39, 0.29) is 17.9 Å². The van der Waals surface area contributed by atoms with Crippen LogP contribution in [0.1, 0.15) is 24.0 Å². The third-order valence-corrected chi connectivity index (χ3v) is 7.73. The van der Waals surface area contributed by atoms with Gasteiger partial charge >= 0.3 is 0 Å². The average molecular weight is 556 g/mol. The minimum atomic E-state index is -0.682. The van der Waals surface area contributed by atoms with Crippen LogP contribution in [0.25, 0.3) is 10.8 Å². The first-order valence-corrected chi connectivity index (χ1v) is 13.8. The van der Waals surface area contributed by atoms with Gasteiger partial charge in [-0.2, -0.15) is 0 Å². The number of halogens is 2. The van der Waals surface area contributed by atoms with E-state index in [1.165, 1.54) is 16.3 Å². The lowest BCUT2D eigenvalue weighted by molar-refractivity contribution is -0.137. The molecule has 38 heavy (non-hydrogen) atoms. The first-order valence-electron chi connectivity index (χ1n) is 13.1. The lowest BCUT2D eigenvalue weighted by atomic mass is 10.0. The van der Waals surface area contributed by atoms with Crippen molar-refractivity contribution in [2.45, 2.75) is 37.8 Å². The molecule has 202 valence electrons. The van der Waals surface area contributed by atoms with Gasteiger partial charge in [0.2, 0.25) is 5.91 Å². The predicted octanol–water partition coefficient (Wildman–Crippen LogP) is 3.83. The molecular weight excluding hydrogens is 519 g/mol. The number of rotatable bonds is 10. The highest BCUT2D eigenvalue weighted by molar-refractivity contribution is 6.35. The molecule has 1 saturated heterocycles. The van der Waals surface area contributed by atoms with Gasteiger partial charge in [-0.25, -0.2) is 0 Å². The van der Waals surface area contributed by atoms with Crippen molar-refractivity contribution in [2.75, 3.05) is 32.7 Å². The maximum absolute atomic E-state index is 13.5. The number of hydrogen-bond acceptors (Lipinski definition) is 4. The van der Waals surface area contributed by atoms with E-state index in [2.05, 4.69) is 52.4 Å². The van der Waals surface area contributed by atoms with Crippen molar-refractivity contribution in [3.63, 3.8) is 0 Å². The number of fused-ring (bicyclic) bond motifs is 1. The number of carbonyl (C=O) groups is 1. The molecule has 7 nitrogen and oxygen atoms in total. The maximum Gasteiger partial charge on any atom is 0.240 e. The van der Waals surface area contributed by atoms with Crippen LogP contribution in [0.2, 0.25) is 10.0 Å². The number of piperazine rings is 1. The van der Waals surface area contributed by atoms with Crippen LogP contribution in [-0.2, 0) is 17.6 Å². The van der Waals surface area contributed by atoms with Gasteiger partial charge in [0, 0.05) is 48.8 Å². The predicted molar refractivity (Wildman–Crippen MR) is 158 cm³/mol. The molecule has 2 atom stereocenters. The zero-order valence-corrected chi connectivity index (χ0v) is 23.0. The Morgan fingerprint density at radius 1 is 1.03 bits per heavy atom. The first kappa shape index (κ1) is 28.2. The summed E-state index contributed by atoms with van der Waals surface area (Å²) in [5.41, 5.74) is 19.5. The van der Waals surface area contributed by atoms with E-state index in [0.29, 0.717) is 29.6 Å². The molecule has 0 saturated carbocycles. The van der Waals surface area contributed by atoms with Crippen LogP contribution in [0.15, 0.2) is 65.7 Å². The van der Waals surface area contributed by atoms with Gasteiger partial charge in [0.15, 0.2) is 5.96 Å². The Balaban J connectivity index is 1.40. The monoisotopic (exact) mass is 554 g/mol. The lowest BCUT2D eigenvalue weighted by Crippen LogP contribution is -2.59. The van der Waals surface area contributed by atoms with Gasteiger partial charge in [0.25, 0.3) is 0 Å². The average Bonchev–Trinajstić information content (AvgIpc) is 2.91. The van der Waals surface area contributed by atoms with Crippen LogP contribution in [0.3, 0.4) is 0 Å². The van der Waals surface area contributed by atoms with Crippen LogP contribution in [0.4, 0.5) is 0 Å². The number of benzene rings is 3. The second-order valence-electron chi connectivity index (χ2n) is 9.91. The molecule has 1 aliphatic rings. The SMILES string of the molecule is NC(N)=NCCCC1CN(CCc2ccc3ccccc3c2)CCN1C(=O)[C@H](N)Cc1ccc(Cl)cc1Cl. The van der Waals surface area contributed by atoms with Crippen molar-refractivity contribution in [3.8, 4) is 0 Å². The molecule has 1 unspecified atom stereocenters. The molecule has 3 aromatic carbocycles. The Labute approximate surface area is 234 Å². The van der Waals surface area contributed by atoms with Crippen molar-refractivity contribution in [2.24, 2.45) is 22.2 Å². The van der Waals surface area contributed by atoms with Gasteiger partial charge in [-0.05, 0) is 59.7 Å². The molecule has 1 amide bonds. The summed E-state index contributed by atoms with van der Waals surface area (Å²) in [6, 6.07) is 19.7. The third-order valence-electron chi connectivity index (χ3n) is 7.14. The van der Waals surface area contributed by atoms with Crippen LogP contribution >= 0.6 is 23.2 Å². The summed E-state index contributed by atoms with van der Waals surface area (Å²) < 4.78 is 0. The van der Waals surface area contributed by atoms with Crippen molar-refractivity contribution in [3.05, 3.63) is 81.8 Å². The van der Waals surface area contributed by atoms with E-state index >= 15 is 0 Å². The minimum Gasteiger partial charge on any atom is -0.370 e. The van der Waals surface area contributed by atoms with Crippen LogP contribution in [0, 0.1) is 0 Å². The summed E-state index contributed by atoms with van der Waals surface area (Å²) >= 11 is 12.4. The number of hydrogen-bond donors (Lipinski definition) is 3. The number of aliphatic imine (C=N–C) groups is 1. The van der Waals surface area contributed by atoms with E-state index in [9.17, 15) is 4.79 Å². The van der Waals surface area contributed by atoms with Crippen molar-refractivity contribution >= 4 is 45.8 Å². The van der Waals surface area contributed by atoms with Crippen molar-refractivity contribution in [1.82, 2.24) is 9.80 Å². The van der Waals surface area contributed by atoms with E-state index < -0.39 is 6.04 Å². The van der Waals surface area contributed by atoms with Gasteiger partial charge in [0.05, 0.1) is 6.04 Å². The fourth-order valence-electron chi connectivity index (χ4n) is 5.10. The maximum atomic E-state index is 13.5. The quantitative estimate of drug-likeness (QED) is 0.200. The highest BCUT2D eigenvalue weighted by Crippen LogP contribution is 2.24. The zero-order valence-electron chi connectivity index (χ0n) is 21.5. The van der Waals surface area contributed by atoms with E-state index in [1.54, 1.807) is 12.1 Å². The van der Waals surface area contributed by atoms with Gasteiger partial charge in [-0.3, -0.25) is 14.7 Å². The highest BCUT2D eigenvalue weighted by atomic mass is 35.5. The van der Waals surface area contributed by atoms with E-state index in [1.807, 2.05) is 11.0 Å². The van der Waals surface area contributed by atoms with Crippen molar-refractivity contribution < 1.29 is 4.79 Å². The largest absolute Gasteiger partial charge is 0.370 e. The molecule has 0 aliphatic carbocycles. The molecule has 0 bridgehead atoms. The number of nitrogens with two attached hydrogens (primary N) is 3. The molecule has 3 aromatic rings. The van der Waals surface area contributed by atoms with E-state index in [4.69, 9.17) is 40.4 Å². The number of carbonyl (C=O) groups excluding carboxylic acids is 1. The van der Waals surface area contributed by atoms with Gasteiger partial charge < -0.3 is 22.1 Å². The number of guanidine groups is 1. The molecule has 0 spiro atoms. The number of nitrogens with zero attached hydrogens (tertiary/aromatic N) is 3. The highest BCUT2D eigenvalue weighted by Gasteiger charge is 2.32. The minimum absolute atomic E-state index is 0.0359. The zero-order chi connectivity index (χ0) is 27.1. The van der Waals surface area contributed by atoms with Crippen LogP contribution in [0.5, 0.6) is 0 Å². The molecule has 0 aromatic heterocycles. The van der Waals surface area contributed by atoms with Gasteiger partial charge in [-0.1, -0.05) is 71.7 Å². The fraction of sp³-hybridized carbons (Fsp3) is 0.379. The van der Waals surface area contributed by atoms with Crippen LogP contribution < -0.4 is 17.2 Å². The Bertz CT molecular complexity index is 1280. The second-order valence-corrected chi connectivity index (χ2v) is 10.8. The number of amides is 1. The molecule has 4 rings (SSSR count). The molecule has 9 heteroatoms. The second kappa shape index (κ2) is 13.3. The van der Waals surface area contributed by atoms with Gasteiger partial charge in [0.1, 0.15) is 0 Å². The molecular formula is C29H36Cl2N6O. The summed E-state index contributed by atoms with van der Waals surface area (Å²) in [7, 11) is 0. The molecule has 1 aliphatic heterocycles. The Hall–Kier alpha value is -2.84. The Kier molecular flexibility index (Phi) is 9.86. The summed E-state index contributed by atoms with van der Waals surface area (Å²) in [5, 5.41) is 3.58. The first-order chi connectivity index (χ1) is 18.3. The van der Waals surface area contributed by atoms with Gasteiger partial charge in [-0.15, -0.1) is 0 Å². The molecule has 1 fully saturated rings. The summed E-state index contributed by atoms with van der Waals surface area (Å²) in [6.07, 6.45) is 2.89. The fourth-order valence-corrected chi connectivity index (χ4v) is 5.59. The standard InChI is InChI=1S/C29H36Cl2N6O/c30-24-10-9-23(26(31)18-24)17-27(32)28(38)37-15-14-36(19-25(37)6-3-12-35-29(33)34)13-11-20-7-8-21-4-1-2-5-22(21)16-20/h1-2,4-5,7-10,16,18,25,27H,3,6,11-15,17,19,32H2,(H4,33,34,35)/t25?,27-/m1/s1. The molecule has 1 heterocycles.